The van der Waals surface area contributed by atoms with Crippen molar-refractivity contribution in [1.82, 2.24) is 10.3 Å². The van der Waals surface area contributed by atoms with E-state index in [9.17, 15) is 0 Å². The molecule has 1 aliphatic carbocycles. The van der Waals surface area contributed by atoms with E-state index in [2.05, 4.69) is 36.1 Å². The first-order valence-electron chi connectivity index (χ1n) is 7.69. The molecule has 3 nitrogen and oxygen atoms in total. The lowest BCUT2D eigenvalue weighted by atomic mass is 9.87. The van der Waals surface area contributed by atoms with Crippen molar-refractivity contribution in [1.29, 1.82) is 0 Å². The van der Waals surface area contributed by atoms with Crippen molar-refractivity contribution >= 4 is 17.4 Å². The molecule has 0 bridgehead atoms. The average molecular weight is 296 g/mol. The SMILES string of the molecule is CCNCc1cnc(N(C)C2CCC(C)CC2)c(Cl)c1. The number of aromatic nitrogens is 1. The van der Waals surface area contributed by atoms with Crippen LogP contribution in [-0.2, 0) is 6.54 Å². The summed E-state index contributed by atoms with van der Waals surface area (Å²) in [5.41, 5.74) is 1.14. The van der Waals surface area contributed by atoms with Gasteiger partial charge in [-0.3, -0.25) is 0 Å². The Hall–Kier alpha value is -0.800. The van der Waals surface area contributed by atoms with E-state index in [0.29, 0.717) is 6.04 Å². The molecule has 1 heterocycles. The molecular formula is C16H26ClN3. The largest absolute Gasteiger partial charge is 0.355 e. The van der Waals surface area contributed by atoms with Crippen LogP contribution in [0.2, 0.25) is 5.02 Å². The van der Waals surface area contributed by atoms with Crippen LogP contribution in [-0.4, -0.2) is 24.6 Å². The van der Waals surface area contributed by atoms with Gasteiger partial charge in [0.05, 0.1) is 5.02 Å². The van der Waals surface area contributed by atoms with E-state index in [-0.39, 0.29) is 0 Å². The van der Waals surface area contributed by atoms with Gasteiger partial charge in [0, 0.05) is 25.8 Å². The summed E-state index contributed by atoms with van der Waals surface area (Å²) in [6.45, 7) is 6.23. The van der Waals surface area contributed by atoms with Gasteiger partial charge in [0.25, 0.3) is 0 Å². The van der Waals surface area contributed by atoms with E-state index >= 15 is 0 Å². The monoisotopic (exact) mass is 295 g/mol. The predicted molar refractivity (Wildman–Crippen MR) is 86.5 cm³/mol. The molecule has 1 saturated carbocycles. The summed E-state index contributed by atoms with van der Waals surface area (Å²) in [7, 11) is 2.12. The zero-order valence-electron chi connectivity index (χ0n) is 12.8. The standard InChI is InChI=1S/C16H26ClN3/c1-4-18-10-13-9-15(17)16(19-11-13)20(3)14-7-5-12(2)6-8-14/h9,11-12,14,18H,4-8,10H2,1-3H3. The Morgan fingerprint density at radius 3 is 2.65 bits per heavy atom. The van der Waals surface area contributed by atoms with E-state index < -0.39 is 0 Å². The fraction of sp³-hybridized carbons (Fsp3) is 0.688. The molecule has 20 heavy (non-hydrogen) atoms. The van der Waals surface area contributed by atoms with Gasteiger partial charge in [-0.25, -0.2) is 4.98 Å². The number of nitrogens with zero attached hydrogens (tertiary/aromatic N) is 2. The fourth-order valence-corrected chi connectivity index (χ4v) is 3.22. The number of rotatable bonds is 5. The Bertz CT molecular complexity index is 428. The van der Waals surface area contributed by atoms with Crippen LogP contribution in [0, 0.1) is 5.92 Å². The van der Waals surface area contributed by atoms with Crippen LogP contribution in [0.15, 0.2) is 12.3 Å². The van der Waals surface area contributed by atoms with Crippen molar-refractivity contribution in [2.24, 2.45) is 5.92 Å². The number of hydrogen-bond donors (Lipinski definition) is 1. The van der Waals surface area contributed by atoms with Crippen LogP contribution in [0.1, 0.15) is 45.1 Å². The highest BCUT2D eigenvalue weighted by Crippen LogP contribution is 2.31. The number of hydrogen-bond acceptors (Lipinski definition) is 3. The average Bonchev–Trinajstić information content (AvgIpc) is 2.45. The number of pyridine rings is 1. The second kappa shape index (κ2) is 7.28. The maximum Gasteiger partial charge on any atom is 0.147 e. The first-order valence-corrected chi connectivity index (χ1v) is 8.07. The molecule has 0 radical (unpaired) electrons. The second-order valence-corrected chi connectivity index (χ2v) is 6.36. The van der Waals surface area contributed by atoms with Crippen molar-refractivity contribution < 1.29 is 0 Å². The van der Waals surface area contributed by atoms with Crippen molar-refractivity contribution in [2.45, 2.75) is 52.1 Å². The van der Waals surface area contributed by atoms with Crippen molar-refractivity contribution in [3.8, 4) is 0 Å². The normalized spacial score (nSPS) is 22.8. The van der Waals surface area contributed by atoms with Gasteiger partial charge < -0.3 is 10.2 Å². The molecule has 112 valence electrons. The Labute approximate surface area is 127 Å². The molecule has 0 atom stereocenters. The summed E-state index contributed by atoms with van der Waals surface area (Å²) in [5, 5.41) is 4.06. The van der Waals surface area contributed by atoms with Crippen molar-refractivity contribution in [3.05, 3.63) is 22.8 Å². The van der Waals surface area contributed by atoms with Gasteiger partial charge in [-0.05, 0) is 49.8 Å². The Morgan fingerprint density at radius 2 is 2.05 bits per heavy atom. The summed E-state index contributed by atoms with van der Waals surface area (Å²) in [5.74, 6) is 1.79. The molecule has 1 aliphatic rings. The van der Waals surface area contributed by atoms with Gasteiger partial charge >= 0.3 is 0 Å². The smallest absolute Gasteiger partial charge is 0.147 e. The molecule has 1 fully saturated rings. The Morgan fingerprint density at radius 1 is 1.35 bits per heavy atom. The molecule has 0 amide bonds. The molecular weight excluding hydrogens is 270 g/mol. The van der Waals surface area contributed by atoms with Crippen LogP contribution < -0.4 is 10.2 Å². The van der Waals surface area contributed by atoms with E-state index in [0.717, 1.165) is 35.4 Å². The maximum absolute atomic E-state index is 6.42. The molecule has 0 saturated heterocycles. The fourth-order valence-electron chi connectivity index (χ4n) is 2.90. The highest BCUT2D eigenvalue weighted by molar-refractivity contribution is 6.33. The van der Waals surface area contributed by atoms with Crippen LogP contribution in [0.3, 0.4) is 0 Å². The summed E-state index contributed by atoms with van der Waals surface area (Å²) < 4.78 is 0. The molecule has 2 rings (SSSR count). The minimum absolute atomic E-state index is 0.579. The van der Waals surface area contributed by atoms with Crippen LogP contribution >= 0.6 is 11.6 Å². The van der Waals surface area contributed by atoms with Gasteiger partial charge in [-0.15, -0.1) is 0 Å². The van der Waals surface area contributed by atoms with Crippen LogP contribution in [0.25, 0.3) is 0 Å². The Balaban J connectivity index is 2.04. The van der Waals surface area contributed by atoms with Gasteiger partial charge in [0.2, 0.25) is 0 Å². The van der Waals surface area contributed by atoms with Crippen LogP contribution in [0.5, 0.6) is 0 Å². The molecule has 0 spiro atoms. The van der Waals surface area contributed by atoms with E-state index in [4.69, 9.17) is 11.6 Å². The quantitative estimate of drug-likeness (QED) is 0.894. The van der Waals surface area contributed by atoms with Gasteiger partial charge in [-0.2, -0.15) is 0 Å². The molecule has 1 N–H and O–H groups in total. The zero-order chi connectivity index (χ0) is 14.5. The molecule has 0 aromatic carbocycles. The topological polar surface area (TPSA) is 28.2 Å². The highest BCUT2D eigenvalue weighted by Gasteiger charge is 2.23. The lowest BCUT2D eigenvalue weighted by Crippen LogP contribution is -2.35. The maximum atomic E-state index is 6.42. The zero-order valence-corrected chi connectivity index (χ0v) is 13.6. The van der Waals surface area contributed by atoms with E-state index in [1.54, 1.807) is 0 Å². The predicted octanol–water partition coefficient (Wildman–Crippen LogP) is 3.86. The lowest BCUT2D eigenvalue weighted by Gasteiger charge is -2.34. The summed E-state index contributed by atoms with van der Waals surface area (Å²) in [6.07, 6.45) is 7.05. The number of anilines is 1. The lowest BCUT2D eigenvalue weighted by molar-refractivity contribution is 0.340. The first kappa shape index (κ1) is 15.6. The van der Waals surface area contributed by atoms with Crippen molar-refractivity contribution in [2.75, 3.05) is 18.5 Å². The molecule has 1 aromatic heterocycles. The Kier molecular flexibility index (Phi) is 5.67. The van der Waals surface area contributed by atoms with Gasteiger partial charge in [0.1, 0.15) is 5.82 Å². The minimum atomic E-state index is 0.579. The summed E-state index contributed by atoms with van der Waals surface area (Å²) in [4.78, 5) is 6.85. The highest BCUT2D eigenvalue weighted by atomic mass is 35.5. The van der Waals surface area contributed by atoms with E-state index in [1.807, 2.05) is 12.3 Å². The summed E-state index contributed by atoms with van der Waals surface area (Å²) >= 11 is 6.42. The molecule has 1 aromatic rings. The molecule has 0 unspecified atom stereocenters. The van der Waals surface area contributed by atoms with E-state index in [1.165, 1.54) is 25.7 Å². The van der Waals surface area contributed by atoms with Crippen LogP contribution in [0.4, 0.5) is 5.82 Å². The molecule has 4 heteroatoms. The third kappa shape index (κ3) is 3.86. The minimum Gasteiger partial charge on any atom is -0.355 e. The van der Waals surface area contributed by atoms with Gasteiger partial charge in [0.15, 0.2) is 0 Å². The number of nitrogens with one attached hydrogen (secondary N) is 1. The van der Waals surface area contributed by atoms with Crippen molar-refractivity contribution in [3.63, 3.8) is 0 Å². The third-order valence-corrected chi connectivity index (χ3v) is 4.60. The van der Waals surface area contributed by atoms with Gasteiger partial charge in [-0.1, -0.05) is 25.4 Å². The first-order chi connectivity index (χ1) is 9.61. The summed E-state index contributed by atoms with van der Waals surface area (Å²) in [6, 6.07) is 2.62. The molecule has 0 aliphatic heterocycles. The third-order valence-electron chi connectivity index (χ3n) is 4.32. The second-order valence-electron chi connectivity index (χ2n) is 5.95. The number of halogens is 1.